The van der Waals surface area contributed by atoms with E-state index in [4.69, 9.17) is 0 Å². The van der Waals surface area contributed by atoms with Crippen molar-refractivity contribution in [2.75, 3.05) is 6.54 Å². The smallest absolute Gasteiger partial charge is 0.223 e. The van der Waals surface area contributed by atoms with E-state index < -0.39 is 0 Å². The summed E-state index contributed by atoms with van der Waals surface area (Å²) in [6, 6.07) is 6.39. The zero-order chi connectivity index (χ0) is 18.4. The van der Waals surface area contributed by atoms with Crippen molar-refractivity contribution in [3.8, 4) is 0 Å². The second-order valence-electron chi connectivity index (χ2n) is 7.42. The summed E-state index contributed by atoms with van der Waals surface area (Å²) in [7, 11) is 1.96. The van der Waals surface area contributed by atoms with E-state index >= 15 is 0 Å². The van der Waals surface area contributed by atoms with Gasteiger partial charge in [-0.3, -0.25) is 9.48 Å². The predicted molar refractivity (Wildman–Crippen MR) is 103 cm³/mol. The van der Waals surface area contributed by atoms with Crippen molar-refractivity contribution in [3.05, 3.63) is 52.0 Å². The van der Waals surface area contributed by atoms with Crippen LogP contribution in [0.5, 0.6) is 0 Å². The fraction of sp³-hybridized carbons (Fsp3) is 0.429. The number of aromatic amines is 1. The predicted octanol–water partition coefficient (Wildman–Crippen LogP) is 3.34. The second-order valence-corrected chi connectivity index (χ2v) is 7.42. The minimum atomic E-state index is 0.236. The van der Waals surface area contributed by atoms with Gasteiger partial charge in [-0.25, -0.2) is 0 Å². The highest BCUT2D eigenvalue weighted by molar-refractivity contribution is 5.88. The zero-order valence-electron chi connectivity index (χ0n) is 16.0. The van der Waals surface area contributed by atoms with Crippen LogP contribution in [0.2, 0.25) is 0 Å². The summed E-state index contributed by atoms with van der Waals surface area (Å²) < 4.78 is 1.90. The van der Waals surface area contributed by atoms with E-state index in [0.29, 0.717) is 13.0 Å². The van der Waals surface area contributed by atoms with Gasteiger partial charge in [-0.2, -0.15) is 5.10 Å². The summed E-state index contributed by atoms with van der Waals surface area (Å²) in [4.78, 5) is 18.4. The molecule has 26 heavy (non-hydrogen) atoms. The lowest BCUT2D eigenvalue weighted by molar-refractivity contribution is -0.132. The quantitative estimate of drug-likeness (QED) is 0.788. The molecule has 0 bridgehead atoms. The lowest BCUT2D eigenvalue weighted by atomic mass is 10.0. The highest BCUT2D eigenvalue weighted by atomic mass is 16.2. The highest BCUT2D eigenvalue weighted by Crippen LogP contribution is 2.29. The third kappa shape index (κ3) is 2.71. The lowest BCUT2D eigenvalue weighted by Gasteiger charge is -2.27. The molecule has 0 aliphatic carbocycles. The maximum absolute atomic E-state index is 12.8. The molecule has 2 aromatic heterocycles. The van der Waals surface area contributed by atoms with Crippen LogP contribution in [0.1, 0.15) is 40.2 Å². The average Bonchev–Trinajstić information content (AvgIpc) is 3.11. The molecule has 0 fully saturated rings. The Labute approximate surface area is 154 Å². The summed E-state index contributed by atoms with van der Waals surface area (Å²) in [6.45, 7) is 7.73. The van der Waals surface area contributed by atoms with Gasteiger partial charge in [-0.05, 0) is 38.3 Å². The zero-order valence-corrected chi connectivity index (χ0v) is 16.0. The summed E-state index contributed by atoms with van der Waals surface area (Å²) >= 11 is 0. The number of fused-ring (bicyclic) bond motifs is 3. The van der Waals surface area contributed by atoms with Crippen LogP contribution in [-0.2, 0) is 31.2 Å². The number of aryl methyl sites for hydroxylation is 3. The van der Waals surface area contributed by atoms with E-state index in [0.717, 1.165) is 30.8 Å². The molecule has 1 N–H and O–H groups in total. The Kier molecular flexibility index (Phi) is 4.10. The number of nitrogens with zero attached hydrogens (tertiary/aromatic N) is 3. The monoisotopic (exact) mass is 350 g/mol. The van der Waals surface area contributed by atoms with Gasteiger partial charge < -0.3 is 9.88 Å². The molecular formula is C21H26N4O. The molecule has 0 saturated carbocycles. The normalized spacial score (nSPS) is 14.1. The van der Waals surface area contributed by atoms with Crippen LogP contribution >= 0.6 is 0 Å². The Hall–Kier alpha value is -2.56. The largest absolute Gasteiger partial charge is 0.358 e. The standard InChI is InChI=1S/C21H26N4O/c1-13-6-5-7-17-18-12-25(11-10-19(18)22-21(13)17)20(26)9-8-16-14(2)23-24(4)15(16)3/h5-7,22H,8-12H2,1-4H3. The van der Waals surface area contributed by atoms with Crippen LogP contribution in [0.25, 0.3) is 10.9 Å². The summed E-state index contributed by atoms with van der Waals surface area (Å²) in [5.74, 6) is 0.236. The number of para-hydroxylation sites is 1. The van der Waals surface area contributed by atoms with Crippen molar-refractivity contribution < 1.29 is 4.79 Å². The van der Waals surface area contributed by atoms with Crippen molar-refractivity contribution in [2.45, 2.75) is 46.6 Å². The van der Waals surface area contributed by atoms with Crippen LogP contribution in [0, 0.1) is 20.8 Å². The number of hydrogen-bond donors (Lipinski definition) is 1. The van der Waals surface area contributed by atoms with Crippen molar-refractivity contribution >= 4 is 16.8 Å². The molecule has 5 heteroatoms. The number of carbonyl (C=O) groups excluding carboxylic acids is 1. The number of nitrogens with one attached hydrogen (secondary N) is 1. The minimum absolute atomic E-state index is 0.236. The number of benzene rings is 1. The van der Waals surface area contributed by atoms with Gasteiger partial charge >= 0.3 is 0 Å². The Morgan fingerprint density at radius 3 is 2.81 bits per heavy atom. The summed E-state index contributed by atoms with van der Waals surface area (Å²) in [5.41, 5.74) is 8.45. The fourth-order valence-corrected chi connectivity index (χ4v) is 4.17. The fourth-order valence-electron chi connectivity index (χ4n) is 4.17. The first-order chi connectivity index (χ1) is 12.5. The molecule has 0 saturated heterocycles. The maximum atomic E-state index is 12.8. The lowest BCUT2D eigenvalue weighted by Crippen LogP contribution is -2.35. The van der Waals surface area contributed by atoms with Crippen molar-refractivity contribution in [2.24, 2.45) is 7.05 Å². The van der Waals surface area contributed by atoms with Gasteiger partial charge in [0.25, 0.3) is 0 Å². The van der Waals surface area contributed by atoms with Gasteiger partial charge in [-0.1, -0.05) is 18.2 Å². The molecule has 3 heterocycles. The van der Waals surface area contributed by atoms with Crippen molar-refractivity contribution in [3.63, 3.8) is 0 Å². The third-order valence-electron chi connectivity index (χ3n) is 5.82. The van der Waals surface area contributed by atoms with Crippen molar-refractivity contribution in [1.29, 1.82) is 0 Å². The van der Waals surface area contributed by atoms with Gasteiger partial charge in [0.2, 0.25) is 5.91 Å². The number of carbonyl (C=O) groups is 1. The average molecular weight is 350 g/mol. The molecule has 3 aromatic rings. The van der Waals surface area contributed by atoms with Crippen LogP contribution in [-0.4, -0.2) is 32.1 Å². The molecule has 0 radical (unpaired) electrons. The van der Waals surface area contributed by atoms with Crippen LogP contribution in [0.15, 0.2) is 18.2 Å². The number of H-pyrrole nitrogens is 1. The van der Waals surface area contributed by atoms with E-state index in [2.05, 4.69) is 42.1 Å². The number of aromatic nitrogens is 3. The van der Waals surface area contributed by atoms with E-state index in [9.17, 15) is 4.79 Å². The molecule has 1 amide bonds. The third-order valence-corrected chi connectivity index (χ3v) is 5.82. The van der Waals surface area contributed by atoms with E-state index in [1.807, 2.05) is 23.6 Å². The van der Waals surface area contributed by atoms with Gasteiger partial charge in [0.05, 0.1) is 5.69 Å². The van der Waals surface area contributed by atoms with Gasteiger partial charge in [-0.15, -0.1) is 0 Å². The molecule has 5 nitrogen and oxygen atoms in total. The Morgan fingerprint density at radius 1 is 1.27 bits per heavy atom. The summed E-state index contributed by atoms with van der Waals surface area (Å²) in [5, 5.41) is 5.71. The minimum Gasteiger partial charge on any atom is -0.358 e. The first-order valence-electron chi connectivity index (χ1n) is 9.31. The van der Waals surface area contributed by atoms with Crippen LogP contribution in [0.3, 0.4) is 0 Å². The maximum Gasteiger partial charge on any atom is 0.223 e. The van der Waals surface area contributed by atoms with Crippen molar-refractivity contribution in [1.82, 2.24) is 19.7 Å². The first-order valence-corrected chi connectivity index (χ1v) is 9.31. The number of amides is 1. The van der Waals surface area contributed by atoms with E-state index in [1.54, 1.807) is 0 Å². The molecule has 1 aromatic carbocycles. The second kappa shape index (κ2) is 6.31. The molecule has 4 rings (SSSR count). The number of hydrogen-bond acceptors (Lipinski definition) is 2. The molecular weight excluding hydrogens is 324 g/mol. The summed E-state index contributed by atoms with van der Waals surface area (Å²) in [6.07, 6.45) is 2.21. The van der Waals surface area contributed by atoms with Gasteiger partial charge in [0.1, 0.15) is 0 Å². The molecule has 1 aliphatic heterocycles. The first kappa shape index (κ1) is 16.9. The van der Waals surface area contributed by atoms with E-state index in [-0.39, 0.29) is 5.91 Å². The molecule has 136 valence electrons. The Balaban J connectivity index is 1.51. The Morgan fingerprint density at radius 2 is 2.08 bits per heavy atom. The Bertz CT molecular complexity index is 995. The van der Waals surface area contributed by atoms with Gasteiger partial charge in [0, 0.05) is 60.8 Å². The molecule has 1 aliphatic rings. The molecule has 0 atom stereocenters. The van der Waals surface area contributed by atoms with Crippen LogP contribution < -0.4 is 0 Å². The highest BCUT2D eigenvalue weighted by Gasteiger charge is 2.24. The van der Waals surface area contributed by atoms with Crippen LogP contribution in [0.4, 0.5) is 0 Å². The number of rotatable bonds is 3. The topological polar surface area (TPSA) is 53.9 Å². The SMILES string of the molecule is Cc1nn(C)c(C)c1CCC(=O)N1CCc2[nH]c3c(C)cccc3c2C1. The van der Waals surface area contributed by atoms with Gasteiger partial charge in [0.15, 0.2) is 0 Å². The molecule has 0 spiro atoms. The molecule has 0 unspecified atom stereocenters. The van der Waals surface area contributed by atoms with E-state index in [1.165, 1.54) is 33.3 Å².